The van der Waals surface area contributed by atoms with E-state index in [2.05, 4.69) is 31.1 Å². The second-order valence-corrected chi connectivity index (χ2v) is 12.0. The molecule has 0 spiro atoms. The number of carbonyl (C=O) groups excluding carboxylic acids is 1. The Labute approximate surface area is 259 Å². The first-order chi connectivity index (χ1) is 21.6. The van der Waals surface area contributed by atoms with E-state index in [1.165, 1.54) is 7.11 Å². The van der Waals surface area contributed by atoms with Crippen molar-refractivity contribution in [3.05, 3.63) is 35.3 Å². The van der Waals surface area contributed by atoms with Gasteiger partial charge in [0.2, 0.25) is 0 Å². The number of methoxy groups -OCH3 is 1. The molecule has 45 heavy (non-hydrogen) atoms. The van der Waals surface area contributed by atoms with Crippen LogP contribution in [0.2, 0.25) is 0 Å². The van der Waals surface area contributed by atoms with E-state index >= 15 is 4.39 Å². The van der Waals surface area contributed by atoms with Crippen LogP contribution >= 0.6 is 0 Å². The van der Waals surface area contributed by atoms with Gasteiger partial charge in [0.25, 0.3) is 5.92 Å². The zero-order chi connectivity index (χ0) is 31.9. The number of amides is 1. The normalized spacial score (nSPS) is 23.3. The number of benzene rings is 1. The molecule has 242 valence electrons. The maximum atomic E-state index is 16.5. The predicted octanol–water partition coefficient (Wildman–Crippen LogP) is 4.78. The third-order valence-electron chi connectivity index (χ3n) is 9.01. The number of nitrogens with zero attached hydrogens (tertiary/aromatic N) is 5. The van der Waals surface area contributed by atoms with Crippen molar-refractivity contribution in [3.8, 4) is 17.3 Å². The minimum absolute atomic E-state index is 0.0255. The molecule has 6 heterocycles. The largest absolute Gasteiger partial charge is 0.461 e. The first-order valence-corrected chi connectivity index (χ1v) is 15.5. The Hall–Kier alpha value is -3.91. The highest BCUT2D eigenvalue weighted by Crippen LogP contribution is 2.47. The van der Waals surface area contributed by atoms with Crippen LogP contribution in [0.15, 0.2) is 18.3 Å². The quantitative estimate of drug-likeness (QED) is 0.352. The van der Waals surface area contributed by atoms with Gasteiger partial charge in [-0.1, -0.05) is 13.8 Å². The summed E-state index contributed by atoms with van der Waals surface area (Å²) in [7, 11) is 1.31. The molecule has 2 unspecified atom stereocenters. The van der Waals surface area contributed by atoms with Crippen LogP contribution in [0.3, 0.4) is 0 Å². The SMILES string of the molecule is CC.COC(=O)NC1CCCN(c2nc(OCC34CCN3CC(F)(F)C4)nc3c(F)c(-c4cc(C)cc5c4CNN5)ncc23)C1. The van der Waals surface area contributed by atoms with Gasteiger partial charge in [-0.2, -0.15) is 9.97 Å². The van der Waals surface area contributed by atoms with E-state index in [9.17, 15) is 13.6 Å². The Morgan fingerprint density at radius 2 is 2.04 bits per heavy atom. The molecule has 14 heteroatoms. The Bertz CT molecular complexity index is 1610. The average molecular weight is 629 g/mol. The van der Waals surface area contributed by atoms with Gasteiger partial charge in [-0.05, 0) is 43.9 Å². The lowest BCUT2D eigenvalue weighted by atomic mass is 9.85. The molecule has 11 nitrogen and oxygen atoms in total. The molecule has 0 bridgehead atoms. The van der Waals surface area contributed by atoms with E-state index in [1.807, 2.05) is 37.8 Å². The summed E-state index contributed by atoms with van der Waals surface area (Å²) in [6, 6.07) is 3.57. The fourth-order valence-corrected chi connectivity index (χ4v) is 6.85. The highest BCUT2D eigenvalue weighted by Gasteiger charge is 2.60. The molecule has 4 aliphatic heterocycles. The molecule has 2 atom stereocenters. The lowest BCUT2D eigenvalue weighted by molar-refractivity contribution is -0.0132. The van der Waals surface area contributed by atoms with Crippen LogP contribution in [-0.2, 0) is 11.3 Å². The van der Waals surface area contributed by atoms with Gasteiger partial charge < -0.3 is 25.1 Å². The van der Waals surface area contributed by atoms with Crippen molar-refractivity contribution in [3.63, 3.8) is 0 Å². The maximum Gasteiger partial charge on any atom is 0.407 e. The van der Waals surface area contributed by atoms with Gasteiger partial charge in [0.05, 0.1) is 30.3 Å². The summed E-state index contributed by atoms with van der Waals surface area (Å²) >= 11 is 0. The Balaban J connectivity index is 0.00000175. The molecule has 3 N–H and O–H groups in total. The number of alkyl halides is 2. The number of rotatable bonds is 6. The minimum Gasteiger partial charge on any atom is -0.461 e. The maximum absolute atomic E-state index is 16.5. The number of hydrazine groups is 1. The molecular formula is C31H39F3N8O3. The number of aromatic nitrogens is 3. The molecule has 2 aromatic heterocycles. The number of aryl methyl sites for hydroxylation is 1. The van der Waals surface area contributed by atoms with Crippen molar-refractivity contribution in [1.82, 2.24) is 30.6 Å². The molecular weight excluding hydrogens is 589 g/mol. The highest BCUT2D eigenvalue weighted by molar-refractivity contribution is 5.92. The zero-order valence-electron chi connectivity index (χ0n) is 26.0. The van der Waals surface area contributed by atoms with E-state index < -0.39 is 23.4 Å². The van der Waals surface area contributed by atoms with Crippen molar-refractivity contribution in [2.24, 2.45) is 0 Å². The van der Waals surface area contributed by atoms with E-state index in [1.54, 1.807) is 11.1 Å². The summed E-state index contributed by atoms with van der Waals surface area (Å²) in [6.07, 6.45) is 2.80. The predicted molar refractivity (Wildman–Crippen MR) is 164 cm³/mol. The molecule has 4 aliphatic rings. The average Bonchev–Trinajstić information content (AvgIpc) is 3.57. The summed E-state index contributed by atoms with van der Waals surface area (Å²) < 4.78 is 55.9. The van der Waals surface area contributed by atoms with E-state index in [0.29, 0.717) is 49.4 Å². The van der Waals surface area contributed by atoms with Crippen molar-refractivity contribution in [1.29, 1.82) is 0 Å². The zero-order valence-corrected chi connectivity index (χ0v) is 26.0. The number of fused-ring (bicyclic) bond motifs is 3. The number of pyridine rings is 1. The van der Waals surface area contributed by atoms with Crippen molar-refractivity contribution < 1.29 is 27.4 Å². The third-order valence-corrected chi connectivity index (χ3v) is 9.01. The number of nitrogens with one attached hydrogen (secondary N) is 3. The van der Waals surface area contributed by atoms with Crippen LogP contribution in [0.1, 0.15) is 50.7 Å². The van der Waals surface area contributed by atoms with Crippen molar-refractivity contribution in [2.75, 3.05) is 50.2 Å². The molecule has 0 saturated carbocycles. The molecule has 7 rings (SSSR count). The summed E-state index contributed by atoms with van der Waals surface area (Å²) in [4.78, 5) is 29.3. The molecule has 3 saturated heterocycles. The van der Waals surface area contributed by atoms with Gasteiger partial charge in [0.1, 0.15) is 23.6 Å². The van der Waals surface area contributed by atoms with Gasteiger partial charge in [-0.25, -0.2) is 23.4 Å². The van der Waals surface area contributed by atoms with Gasteiger partial charge >= 0.3 is 12.1 Å². The Morgan fingerprint density at radius 1 is 1.22 bits per heavy atom. The molecule has 3 aromatic rings. The second kappa shape index (κ2) is 12.1. The van der Waals surface area contributed by atoms with E-state index in [-0.39, 0.29) is 42.8 Å². The van der Waals surface area contributed by atoms with Gasteiger partial charge in [0.15, 0.2) is 5.82 Å². The highest BCUT2D eigenvalue weighted by atomic mass is 19.3. The minimum atomic E-state index is -2.78. The van der Waals surface area contributed by atoms with Gasteiger partial charge in [0, 0.05) is 56.0 Å². The van der Waals surface area contributed by atoms with E-state index in [4.69, 9.17) is 9.47 Å². The summed E-state index contributed by atoms with van der Waals surface area (Å²) in [6.45, 7) is 7.69. The van der Waals surface area contributed by atoms with Crippen LogP contribution in [0.4, 0.5) is 29.5 Å². The first kappa shape index (κ1) is 31.1. The topological polar surface area (TPSA) is 117 Å². The number of hydrogen-bond donors (Lipinski definition) is 3. The molecule has 1 aromatic carbocycles. The van der Waals surface area contributed by atoms with E-state index in [0.717, 1.165) is 29.7 Å². The fourth-order valence-electron chi connectivity index (χ4n) is 6.85. The molecule has 1 amide bonds. The number of hydrogen-bond acceptors (Lipinski definition) is 10. The van der Waals surface area contributed by atoms with Crippen molar-refractivity contribution in [2.45, 2.75) is 70.5 Å². The number of halogens is 3. The monoisotopic (exact) mass is 628 g/mol. The van der Waals surface area contributed by atoms with Gasteiger partial charge in [-0.3, -0.25) is 9.88 Å². The lowest BCUT2D eigenvalue weighted by Crippen LogP contribution is -2.59. The Kier molecular flexibility index (Phi) is 8.37. The summed E-state index contributed by atoms with van der Waals surface area (Å²) in [5.41, 5.74) is 8.91. The molecule has 0 radical (unpaired) electrons. The first-order valence-electron chi connectivity index (χ1n) is 15.5. The van der Waals surface area contributed by atoms with Crippen molar-refractivity contribution >= 4 is 28.5 Å². The number of ether oxygens (including phenoxy) is 2. The van der Waals surface area contributed by atoms with Crippen LogP contribution in [-0.4, -0.2) is 83.3 Å². The third kappa shape index (κ3) is 5.81. The summed E-state index contributed by atoms with van der Waals surface area (Å²) in [5.74, 6) is -3.00. The van der Waals surface area contributed by atoms with Gasteiger partial charge in [-0.15, -0.1) is 0 Å². The summed E-state index contributed by atoms with van der Waals surface area (Å²) in [5, 5.41) is 3.23. The van der Waals surface area contributed by atoms with Crippen LogP contribution in [0, 0.1) is 12.7 Å². The number of anilines is 2. The van der Waals surface area contributed by atoms with Crippen LogP contribution in [0.5, 0.6) is 6.01 Å². The number of alkyl carbamates (subject to hydrolysis) is 1. The second-order valence-electron chi connectivity index (χ2n) is 12.0. The van der Waals surface area contributed by atoms with Crippen LogP contribution in [0.25, 0.3) is 22.2 Å². The lowest BCUT2D eigenvalue weighted by Gasteiger charge is -2.46. The molecule has 3 fully saturated rings. The fraction of sp³-hybridized carbons (Fsp3) is 0.548. The number of piperidine rings is 1. The standard InChI is InChI=1S/C29H33F3N8O3.C2H6/c1-16-8-18(19-11-34-38-21(19)9-16)23-22(30)24-20(10-33-23)25(39-6-3-4-17(12-39)35-27(41)42-2)37-26(36-24)43-15-28-5-7-40(28)14-29(31,32)13-28;1-2/h8-10,17,34,38H,3-7,11-15H2,1-2H3,(H,35,41);1-2H3. The molecule has 0 aliphatic carbocycles. The number of carbonyl (C=O) groups is 1. The smallest absolute Gasteiger partial charge is 0.407 e. The Morgan fingerprint density at radius 3 is 2.78 bits per heavy atom. The van der Waals surface area contributed by atoms with Crippen LogP contribution < -0.4 is 25.8 Å².